The molecule has 60 valence electrons. The molecule has 0 saturated carbocycles. The number of hydrogen-bond donors (Lipinski definition) is 3. The molecule has 0 aliphatic heterocycles. The smallest absolute Gasteiger partial charge is 0.304 e. The van der Waals surface area contributed by atoms with Crippen LogP contribution in [0.2, 0.25) is 0 Å². The molecule has 1 aromatic carbocycles. The summed E-state index contributed by atoms with van der Waals surface area (Å²) in [6.07, 6.45) is 0. The van der Waals surface area contributed by atoms with E-state index in [0.29, 0.717) is 5.56 Å². The lowest BCUT2D eigenvalue weighted by Crippen LogP contribution is -2.24. The first-order valence-corrected chi connectivity index (χ1v) is 3.25. The molecule has 0 fully saturated rings. The Labute approximate surface area is 64.5 Å². The Balaban J connectivity index is 3.14. The van der Waals surface area contributed by atoms with Crippen molar-refractivity contribution in [3.63, 3.8) is 0 Å². The Kier molecular flexibility index (Phi) is 1.95. The van der Waals surface area contributed by atoms with Crippen molar-refractivity contribution in [2.45, 2.75) is 12.9 Å². The van der Waals surface area contributed by atoms with Gasteiger partial charge in [0.2, 0.25) is 0 Å². The van der Waals surface area contributed by atoms with Gasteiger partial charge in [-0.15, -0.1) is 0 Å². The zero-order valence-corrected chi connectivity index (χ0v) is 6.15. The van der Waals surface area contributed by atoms with E-state index in [1.807, 2.05) is 0 Å². The minimum absolute atomic E-state index is 0.111. The van der Waals surface area contributed by atoms with Crippen LogP contribution in [-0.4, -0.2) is 15.3 Å². The maximum Gasteiger partial charge on any atom is 0.304 e. The molecule has 0 spiro atoms. The molecule has 0 radical (unpaired) electrons. The summed E-state index contributed by atoms with van der Waals surface area (Å²) in [6, 6.07) is 6.52. The van der Waals surface area contributed by atoms with Crippen LogP contribution >= 0.6 is 0 Å². The van der Waals surface area contributed by atoms with Gasteiger partial charge in [0.1, 0.15) is 0 Å². The van der Waals surface area contributed by atoms with Crippen molar-refractivity contribution in [2.75, 3.05) is 0 Å². The first-order chi connectivity index (χ1) is 5.02. The van der Waals surface area contributed by atoms with Gasteiger partial charge in [0, 0.05) is 5.56 Å². The van der Waals surface area contributed by atoms with Crippen LogP contribution in [0.3, 0.4) is 0 Å². The summed E-state index contributed by atoms with van der Waals surface area (Å²) in [7, 11) is 0. The second-order valence-corrected chi connectivity index (χ2v) is 2.45. The van der Waals surface area contributed by atoms with E-state index in [0.717, 1.165) is 0 Å². The molecule has 0 saturated heterocycles. The van der Waals surface area contributed by atoms with Gasteiger partial charge >= 0.3 is 5.97 Å². The van der Waals surface area contributed by atoms with Gasteiger partial charge in [-0.05, 0) is 12.5 Å². The molecule has 0 aromatic heterocycles. The molecule has 3 nitrogen and oxygen atoms in total. The highest BCUT2D eigenvalue weighted by molar-refractivity contribution is 5.27. The SMILES string of the molecule is Cc1ccccc1C(O)(O)O. The monoisotopic (exact) mass is 154 g/mol. The molecule has 0 heterocycles. The summed E-state index contributed by atoms with van der Waals surface area (Å²) in [5, 5.41) is 26.3. The molecule has 0 amide bonds. The zero-order chi connectivity index (χ0) is 8.48. The molecule has 0 aliphatic carbocycles. The Morgan fingerprint density at radius 1 is 1.09 bits per heavy atom. The van der Waals surface area contributed by atoms with E-state index in [-0.39, 0.29) is 5.56 Å². The molecule has 0 atom stereocenters. The molecule has 11 heavy (non-hydrogen) atoms. The Bertz CT molecular complexity index is 250. The lowest BCUT2D eigenvalue weighted by molar-refractivity contribution is -0.324. The maximum absolute atomic E-state index is 8.78. The molecular weight excluding hydrogens is 144 g/mol. The predicted octanol–water partition coefficient (Wildman–Crippen LogP) is 0.0822. The lowest BCUT2D eigenvalue weighted by atomic mass is 10.1. The van der Waals surface area contributed by atoms with Gasteiger partial charge in [0.05, 0.1) is 0 Å². The molecule has 3 N–H and O–H groups in total. The summed E-state index contributed by atoms with van der Waals surface area (Å²) in [6.45, 7) is 1.69. The van der Waals surface area contributed by atoms with Gasteiger partial charge in [-0.2, -0.15) is 0 Å². The number of benzene rings is 1. The van der Waals surface area contributed by atoms with E-state index >= 15 is 0 Å². The fourth-order valence-corrected chi connectivity index (χ4v) is 0.949. The van der Waals surface area contributed by atoms with Crippen LogP contribution in [-0.2, 0) is 5.97 Å². The van der Waals surface area contributed by atoms with E-state index in [9.17, 15) is 0 Å². The van der Waals surface area contributed by atoms with Gasteiger partial charge in [-0.25, -0.2) is 0 Å². The van der Waals surface area contributed by atoms with Crippen LogP contribution in [0.4, 0.5) is 0 Å². The quantitative estimate of drug-likeness (QED) is 0.502. The van der Waals surface area contributed by atoms with Crippen LogP contribution in [0, 0.1) is 6.92 Å². The molecule has 0 aliphatic rings. The fraction of sp³-hybridized carbons (Fsp3) is 0.250. The average Bonchev–Trinajstić information content (AvgIpc) is 1.86. The van der Waals surface area contributed by atoms with Crippen LogP contribution in [0.1, 0.15) is 11.1 Å². The van der Waals surface area contributed by atoms with Crippen LogP contribution in [0.25, 0.3) is 0 Å². The van der Waals surface area contributed by atoms with E-state index in [2.05, 4.69) is 0 Å². The van der Waals surface area contributed by atoms with E-state index in [1.54, 1.807) is 25.1 Å². The molecule has 3 heteroatoms. The van der Waals surface area contributed by atoms with Crippen molar-refractivity contribution >= 4 is 0 Å². The summed E-state index contributed by atoms with van der Waals surface area (Å²) in [5.74, 6) is -2.72. The van der Waals surface area contributed by atoms with Crippen LogP contribution < -0.4 is 0 Å². The third-order valence-corrected chi connectivity index (χ3v) is 1.51. The number of aliphatic hydroxyl groups is 3. The first kappa shape index (κ1) is 8.20. The standard InChI is InChI=1S/C8H10O3/c1-6-4-2-3-5-7(6)8(9,10)11/h2-5,9-11H,1H3. The molecule has 1 rings (SSSR count). The fourth-order valence-electron chi connectivity index (χ4n) is 0.949. The lowest BCUT2D eigenvalue weighted by Gasteiger charge is -2.15. The minimum Gasteiger partial charge on any atom is -0.340 e. The average molecular weight is 154 g/mol. The third kappa shape index (κ3) is 1.77. The van der Waals surface area contributed by atoms with Crippen molar-refractivity contribution in [1.29, 1.82) is 0 Å². The molecule has 0 unspecified atom stereocenters. The maximum atomic E-state index is 8.78. The van der Waals surface area contributed by atoms with Gasteiger partial charge in [-0.1, -0.05) is 24.3 Å². The Morgan fingerprint density at radius 2 is 1.64 bits per heavy atom. The number of hydrogen-bond acceptors (Lipinski definition) is 3. The summed E-state index contributed by atoms with van der Waals surface area (Å²) in [4.78, 5) is 0. The Morgan fingerprint density at radius 3 is 2.00 bits per heavy atom. The molecule has 0 bridgehead atoms. The Hall–Kier alpha value is -0.900. The van der Waals surface area contributed by atoms with Crippen molar-refractivity contribution in [2.24, 2.45) is 0 Å². The summed E-state index contributed by atoms with van der Waals surface area (Å²) in [5.41, 5.74) is 0.750. The van der Waals surface area contributed by atoms with Crippen LogP contribution in [0.15, 0.2) is 24.3 Å². The number of aryl methyl sites for hydroxylation is 1. The van der Waals surface area contributed by atoms with Crippen molar-refractivity contribution in [3.8, 4) is 0 Å². The van der Waals surface area contributed by atoms with Gasteiger partial charge in [0.25, 0.3) is 0 Å². The van der Waals surface area contributed by atoms with E-state index in [1.165, 1.54) is 6.07 Å². The second kappa shape index (κ2) is 2.62. The highest BCUT2D eigenvalue weighted by Gasteiger charge is 2.22. The highest BCUT2D eigenvalue weighted by atomic mass is 16.7. The summed E-state index contributed by atoms with van der Waals surface area (Å²) >= 11 is 0. The van der Waals surface area contributed by atoms with Crippen molar-refractivity contribution in [1.82, 2.24) is 0 Å². The van der Waals surface area contributed by atoms with Crippen molar-refractivity contribution in [3.05, 3.63) is 35.4 Å². The number of rotatable bonds is 1. The largest absolute Gasteiger partial charge is 0.340 e. The molecule has 1 aromatic rings. The predicted molar refractivity (Wildman–Crippen MR) is 39.5 cm³/mol. The topological polar surface area (TPSA) is 60.7 Å². The first-order valence-electron chi connectivity index (χ1n) is 3.25. The highest BCUT2D eigenvalue weighted by Crippen LogP contribution is 2.17. The minimum atomic E-state index is -2.72. The van der Waals surface area contributed by atoms with Gasteiger partial charge in [0.15, 0.2) is 0 Å². The second-order valence-electron chi connectivity index (χ2n) is 2.45. The van der Waals surface area contributed by atoms with E-state index in [4.69, 9.17) is 15.3 Å². The van der Waals surface area contributed by atoms with Gasteiger partial charge in [-0.3, -0.25) is 0 Å². The molecular formula is C8H10O3. The summed E-state index contributed by atoms with van der Waals surface area (Å²) < 4.78 is 0. The van der Waals surface area contributed by atoms with Gasteiger partial charge < -0.3 is 15.3 Å². The normalized spacial score (nSPS) is 11.6. The third-order valence-electron chi connectivity index (χ3n) is 1.51. The zero-order valence-electron chi connectivity index (χ0n) is 6.15. The van der Waals surface area contributed by atoms with E-state index < -0.39 is 5.97 Å². The van der Waals surface area contributed by atoms with Crippen molar-refractivity contribution < 1.29 is 15.3 Å². The van der Waals surface area contributed by atoms with Crippen LogP contribution in [0.5, 0.6) is 0 Å².